The van der Waals surface area contributed by atoms with Crippen molar-refractivity contribution in [3.63, 3.8) is 0 Å². The lowest BCUT2D eigenvalue weighted by atomic mass is 10.2. The first kappa shape index (κ1) is 19.7. The van der Waals surface area contributed by atoms with Gasteiger partial charge in [-0.1, -0.05) is 12.1 Å². The normalized spacial score (nSPS) is 17.8. The summed E-state index contributed by atoms with van der Waals surface area (Å²) in [7, 11) is -4.50. The molecule has 0 aliphatic carbocycles. The topological polar surface area (TPSA) is 78.5 Å². The molecule has 1 aliphatic rings. The maximum Gasteiger partial charge on any atom is 0.417 e. The summed E-state index contributed by atoms with van der Waals surface area (Å²) in [4.78, 5) is 13.0. The minimum atomic E-state index is -4.81. The van der Waals surface area contributed by atoms with Crippen molar-refractivity contribution in [3.8, 4) is 0 Å². The molecule has 0 spiro atoms. The third-order valence-corrected chi connectivity index (χ3v) is 5.43. The second-order valence-electron chi connectivity index (χ2n) is 5.77. The quantitative estimate of drug-likeness (QED) is 0.824. The van der Waals surface area contributed by atoms with E-state index in [1.54, 1.807) is 0 Å². The molecule has 1 saturated heterocycles. The van der Waals surface area contributed by atoms with Crippen molar-refractivity contribution < 1.29 is 26.4 Å². The number of carbonyl (C=O) groups is 1. The highest BCUT2D eigenvalue weighted by Crippen LogP contribution is 2.33. The number of sulfonamides is 1. The van der Waals surface area contributed by atoms with Gasteiger partial charge in [-0.2, -0.15) is 17.9 Å². The minimum Gasteiger partial charge on any atom is -0.340 e. The van der Waals surface area contributed by atoms with Crippen LogP contribution in [0.4, 0.5) is 13.2 Å². The molecule has 1 aromatic rings. The molecular formula is C15H20F3N3O3S. The molecule has 2 N–H and O–H groups in total. The third kappa shape index (κ3) is 4.93. The summed E-state index contributed by atoms with van der Waals surface area (Å²) in [6, 6.07) is 2.72. The molecule has 1 fully saturated rings. The predicted molar refractivity (Wildman–Crippen MR) is 85.3 cm³/mol. The number of alkyl halides is 3. The van der Waals surface area contributed by atoms with E-state index >= 15 is 0 Å². The summed E-state index contributed by atoms with van der Waals surface area (Å²) < 4.78 is 65.9. The first-order chi connectivity index (χ1) is 11.6. The molecule has 0 saturated carbocycles. The molecule has 1 aliphatic heterocycles. The van der Waals surface area contributed by atoms with Crippen molar-refractivity contribution >= 4 is 15.9 Å². The number of rotatable bonds is 4. The van der Waals surface area contributed by atoms with E-state index in [4.69, 9.17) is 0 Å². The van der Waals surface area contributed by atoms with Gasteiger partial charge in [-0.15, -0.1) is 0 Å². The van der Waals surface area contributed by atoms with Gasteiger partial charge in [-0.05, 0) is 32.0 Å². The molecule has 2 rings (SSSR count). The summed E-state index contributed by atoms with van der Waals surface area (Å²) in [5.41, 5.74) is -1.26. The van der Waals surface area contributed by atoms with Crippen LogP contribution in [0.25, 0.3) is 0 Å². The van der Waals surface area contributed by atoms with Crippen LogP contribution in [0.1, 0.15) is 18.9 Å². The van der Waals surface area contributed by atoms with E-state index in [1.807, 2.05) is 0 Å². The van der Waals surface area contributed by atoms with Gasteiger partial charge in [0.05, 0.1) is 16.5 Å². The number of hydrogen-bond acceptors (Lipinski definition) is 4. The summed E-state index contributed by atoms with van der Waals surface area (Å²) in [6.45, 7) is 3.56. The molecule has 140 valence electrons. The number of nitrogens with zero attached hydrogens (tertiary/aromatic N) is 1. The number of carbonyl (C=O) groups excluding carboxylic acids is 1. The fourth-order valence-corrected chi connectivity index (χ4v) is 4.05. The van der Waals surface area contributed by atoms with Crippen molar-refractivity contribution in [2.24, 2.45) is 0 Å². The first-order valence-electron chi connectivity index (χ1n) is 7.81. The van der Waals surface area contributed by atoms with Crippen LogP contribution in [0.5, 0.6) is 0 Å². The molecule has 0 radical (unpaired) electrons. The van der Waals surface area contributed by atoms with E-state index in [-0.39, 0.29) is 0 Å². The summed E-state index contributed by atoms with van der Waals surface area (Å²) in [5.74, 6) is -0.461. The number of benzene rings is 1. The van der Waals surface area contributed by atoms with E-state index < -0.39 is 38.6 Å². The van der Waals surface area contributed by atoms with Crippen molar-refractivity contribution in [3.05, 3.63) is 29.8 Å². The number of amides is 1. The van der Waals surface area contributed by atoms with Crippen LogP contribution in [-0.2, 0) is 21.0 Å². The summed E-state index contributed by atoms with van der Waals surface area (Å²) in [5, 5.41) is 3.11. The first-order valence-corrected chi connectivity index (χ1v) is 9.29. The average Bonchev–Trinajstić information content (AvgIpc) is 2.82. The third-order valence-electron chi connectivity index (χ3n) is 3.84. The molecule has 1 unspecified atom stereocenters. The number of halogens is 3. The molecule has 10 heteroatoms. The van der Waals surface area contributed by atoms with Crippen molar-refractivity contribution in [2.75, 3.05) is 26.2 Å². The average molecular weight is 379 g/mol. The van der Waals surface area contributed by atoms with Gasteiger partial charge >= 0.3 is 6.18 Å². The predicted octanol–water partition coefficient (Wildman–Crippen LogP) is 1.19. The van der Waals surface area contributed by atoms with Crippen LogP contribution in [0, 0.1) is 0 Å². The zero-order valence-corrected chi connectivity index (χ0v) is 14.5. The Morgan fingerprint density at radius 2 is 1.92 bits per heavy atom. The lowest BCUT2D eigenvalue weighted by molar-refractivity contribution is -0.139. The highest BCUT2D eigenvalue weighted by Gasteiger charge is 2.37. The molecule has 0 bridgehead atoms. The van der Waals surface area contributed by atoms with E-state index in [2.05, 4.69) is 10.0 Å². The number of hydrogen-bond donors (Lipinski definition) is 2. The van der Waals surface area contributed by atoms with Crippen LogP contribution in [0.15, 0.2) is 29.2 Å². The van der Waals surface area contributed by atoms with Crippen LogP contribution < -0.4 is 10.0 Å². The fraction of sp³-hybridized carbons (Fsp3) is 0.533. The zero-order chi connectivity index (χ0) is 18.7. The minimum absolute atomic E-state index is 0.421. The maximum atomic E-state index is 13.0. The standard InChI is InChI=1S/C15H20F3N3O3S/c1-11(14(22)21-9-4-7-19-8-10-21)20-25(23,24)13-6-3-2-5-12(13)15(16,17)18/h2-3,5-6,11,19-20H,4,7-10H2,1H3. The van der Waals surface area contributed by atoms with Crippen LogP contribution in [0.3, 0.4) is 0 Å². The Morgan fingerprint density at radius 1 is 1.24 bits per heavy atom. The Labute approximate surface area is 144 Å². The monoisotopic (exact) mass is 379 g/mol. The Balaban J connectivity index is 2.19. The smallest absolute Gasteiger partial charge is 0.340 e. The lowest BCUT2D eigenvalue weighted by Crippen LogP contribution is -2.48. The van der Waals surface area contributed by atoms with Crippen molar-refractivity contribution in [1.29, 1.82) is 0 Å². The molecular weight excluding hydrogens is 359 g/mol. The summed E-state index contributed by atoms with van der Waals surface area (Å²) in [6.07, 6.45) is -4.09. The molecule has 1 atom stereocenters. The molecule has 6 nitrogen and oxygen atoms in total. The van der Waals surface area contributed by atoms with Gasteiger partial charge in [0.2, 0.25) is 15.9 Å². The van der Waals surface area contributed by atoms with Crippen molar-refractivity contribution in [1.82, 2.24) is 14.9 Å². The molecule has 1 amide bonds. The molecule has 1 aromatic carbocycles. The van der Waals surface area contributed by atoms with Gasteiger partial charge in [-0.25, -0.2) is 8.42 Å². The Kier molecular flexibility index (Phi) is 6.07. The number of nitrogens with one attached hydrogen (secondary N) is 2. The van der Waals surface area contributed by atoms with E-state index in [9.17, 15) is 26.4 Å². The van der Waals surface area contributed by atoms with Gasteiger partial charge in [-0.3, -0.25) is 4.79 Å². The molecule has 1 heterocycles. The van der Waals surface area contributed by atoms with Gasteiger partial charge in [0.1, 0.15) is 0 Å². The lowest BCUT2D eigenvalue weighted by Gasteiger charge is -2.24. The highest BCUT2D eigenvalue weighted by molar-refractivity contribution is 7.89. The van der Waals surface area contributed by atoms with E-state index in [1.165, 1.54) is 17.9 Å². The summed E-state index contributed by atoms with van der Waals surface area (Å²) >= 11 is 0. The van der Waals surface area contributed by atoms with Crippen LogP contribution in [0.2, 0.25) is 0 Å². The van der Waals surface area contributed by atoms with Crippen LogP contribution >= 0.6 is 0 Å². The highest BCUT2D eigenvalue weighted by atomic mass is 32.2. The van der Waals surface area contributed by atoms with Gasteiger partial charge in [0.15, 0.2) is 0 Å². The van der Waals surface area contributed by atoms with E-state index in [0.29, 0.717) is 25.7 Å². The largest absolute Gasteiger partial charge is 0.417 e. The molecule has 25 heavy (non-hydrogen) atoms. The second-order valence-corrected chi connectivity index (χ2v) is 7.45. The zero-order valence-electron chi connectivity index (χ0n) is 13.6. The SMILES string of the molecule is CC(NS(=O)(=O)c1ccccc1C(F)(F)F)C(=O)N1CCCNCC1. The van der Waals surface area contributed by atoms with Gasteiger partial charge < -0.3 is 10.2 Å². The Bertz CT molecular complexity index is 714. The fourth-order valence-electron chi connectivity index (χ4n) is 2.62. The van der Waals surface area contributed by atoms with Crippen LogP contribution in [-0.4, -0.2) is 51.4 Å². The van der Waals surface area contributed by atoms with E-state index in [0.717, 1.165) is 25.1 Å². The van der Waals surface area contributed by atoms with Gasteiger partial charge in [0, 0.05) is 19.6 Å². The Hall–Kier alpha value is -1.65. The van der Waals surface area contributed by atoms with Gasteiger partial charge in [0.25, 0.3) is 0 Å². The maximum absolute atomic E-state index is 13.0. The second kappa shape index (κ2) is 7.71. The molecule has 0 aromatic heterocycles. The Morgan fingerprint density at radius 3 is 2.60 bits per heavy atom. The van der Waals surface area contributed by atoms with Crippen molar-refractivity contribution in [2.45, 2.75) is 30.5 Å².